The van der Waals surface area contributed by atoms with Gasteiger partial charge in [-0.1, -0.05) is 24.3 Å². The Morgan fingerprint density at radius 2 is 1.94 bits per heavy atom. The Kier molecular flexibility index (Phi) is 3.08. The first-order chi connectivity index (χ1) is 8.74. The Bertz CT molecular complexity index is 433. The smallest absolute Gasteiger partial charge is 0.226 e. The fourth-order valence-corrected chi connectivity index (χ4v) is 3.10. The van der Waals surface area contributed by atoms with Crippen molar-refractivity contribution in [1.82, 2.24) is 10.2 Å². The maximum atomic E-state index is 12.5. The van der Waals surface area contributed by atoms with Crippen LogP contribution in [0.4, 0.5) is 0 Å². The van der Waals surface area contributed by atoms with Crippen molar-refractivity contribution in [2.75, 3.05) is 6.54 Å². The van der Waals surface area contributed by atoms with E-state index in [1.807, 2.05) is 4.90 Å². The summed E-state index contributed by atoms with van der Waals surface area (Å²) in [6.07, 6.45) is 1.96. The minimum Gasteiger partial charge on any atom is -0.334 e. The zero-order chi connectivity index (χ0) is 12.5. The second-order valence-corrected chi connectivity index (χ2v) is 5.54. The Hall–Kier alpha value is -1.35. The summed E-state index contributed by atoms with van der Waals surface area (Å²) in [5.41, 5.74) is 2.63. The number of benzene rings is 1. The second kappa shape index (κ2) is 4.73. The summed E-state index contributed by atoms with van der Waals surface area (Å²) in [6.45, 7) is 4.73. The Morgan fingerprint density at radius 1 is 1.28 bits per heavy atom. The number of fused-ring (bicyclic) bond motifs is 1. The molecule has 0 radical (unpaired) electrons. The molecule has 3 heteroatoms. The summed E-state index contributed by atoms with van der Waals surface area (Å²) in [6, 6.07) is 8.85. The van der Waals surface area contributed by atoms with E-state index in [4.69, 9.17) is 0 Å². The summed E-state index contributed by atoms with van der Waals surface area (Å²) >= 11 is 0. The van der Waals surface area contributed by atoms with Gasteiger partial charge in [0.15, 0.2) is 0 Å². The average Bonchev–Trinajstić information content (AvgIpc) is 2.81. The van der Waals surface area contributed by atoms with Gasteiger partial charge in [0.2, 0.25) is 5.91 Å². The summed E-state index contributed by atoms with van der Waals surface area (Å²) in [7, 11) is 0. The van der Waals surface area contributed by atoms with Crippen LogP contribution in [0.1, 0.15) is 30.9 Å². The van der Waals surface area contributed by atoms with E-state index in [1.165, 1.54) is 11.1 Å². The number of amides is 1. The van der Waals surface area contributed by atoms with Crippen molar-refractivity contribution < 1.29 is 4.79 Å². The molecule has 2 heterocycles. The van der Waals surface area contributed by atoms with Crippen LogP contribution in [0, 0.1) is 5.92 Å². The first kappa shape index (κ1) is 11.7. The third-order valence-corrected chi connectivity index (χ3v) is 4.13. The van der Waals surface area contributed by atoms with Crippen molar-refractivity contribution >= 4 is 5.91 Å². The van der Waals surface area contributed by atoms with E-state index in [0.717, 1.165) is 32.5 Å². The summed E-state index contributed by atoms with van der Waals surface area (Å²) in [5, 5.41) is 3.40. The molecule has 0 aliphatic carbocycles. The highest BCUT2D eigenvalue weighted by molar-refractivity contribution is 5.79. The Morgan fingerprint density at radius 3 is 2.56 bits per heavy atom. The molecule has 18 heavy (non-hydrogen) atoms. The zero-order valence-electron chi connectivity index (χ0n) is 10.9. The zero-order valence-corrected chi connectivity index (χ0v) is 10.9. The summed E-state index contributed by atoms with van der Waals surface area (Å²) in [4.78, 5) is 14.5. The predicted octanol–water partition coefficient (Wildman–Crippen LogP) is 1.92. The van der Waals surface area contributed by atoms with E-state index in [9.17, 15) is 4.79 Å². The van der Waals surface area contributed by atoms with E-state index < -0.39 is 0 Å². The predicted molar refractivity (Wildman–Crippen MR) is 70.9 cm³/mol. The molecule has 2 aliphatic rings. The molecule has 0 bridgehead atoms. The van der Waals surface area contributed by atoms with Crippen LogP contribution >= 0.6 is 0 Å². The van der Waals surface area contributed by atoms with E-state index in [1.54, 1.807) is 0 Å². The fourth-order valence-electron chi connectivity index (χ4n) is 3.10. The van der Waals surface area contributed by atoms with Gasteiger partial charge >= 0.3 is 0 Å². The molecule has 0 aromatic heterocycles. The molecule has 3 rings (SSSR count). The van der Waals surface area contributed by atoms with Gasteiger partial charge in [-0.15, -0.1) is 0 Å². The monoisotopic (exact) mass is 244 g/mol. The highest BCUT2D eigenvalue weighted by Crippen LogP contribution is 2.26. The highest BCUT2D eigenvalue weighted by Gasteiger charge is 2.31. The molecule has 1 saturated heterocycles. The molecule has 96 valence electrons. The van der Waals surface area contributed by atoms with Gasteiger partial charge in [0.05, 0.1) is 0 Å². The third-order valence-electron chi connectivity index (χ3n) is 4.13. The van der Waals surface area contributed by atoms with Crippen molar-refractivity contribution in [3.8, 4) is 0 Å². The molecule has 1 aromatic rings. The lowest BCUT2D eigenvalue weighted by molar-refractivity contribution is -0.137. The maximum Gasteiger partial charge on any atom is 0.226 e. The number of nitrogens with one attached hydrogen (secondary N) is 1. The fraction of sp³-hybridized carbons (Fsp3) is 0.533. The van der Waals surface area contributed by atoms with Crippen molar-refractivity contribution in [2.45, 2.75) is 38.9 Å². The topological polar surface area (TPSA) is 32.3 Å². The van der Waals surface area contributed by atoms with Crippen molar-refractivity contribution in [3.63, 3.8) is 0 Å². The quantitative estimate of drug-likeness (QED) is 0.818. The Labute approximate surface area is 108 Å². The lowest BCUT2D eigenvalue weighted by Crippen LogP contribution is -2.42. The van der Waals surface area contributed by atoms with Crippen LogP contribution in [0.15, 0.2) is 24.3 Å². The molecule has 1 amide bonds. The summed E-state index contributed by atoms with van der Waals surface area (Å²) in [5.74, 6) is 0.565. The average molecular weight is 244 g/mol. The molecular formula is C15H20N2O. The van der Waals surface area contributed by atoms with Gasteiger partial charge in [-0.25, -0.2) is 0 Å². The first-order valence-corrected chi connectivity index (χ1v) is 6.83. The van der Waals surface area contributed by atoms with E-state index in [2.05, 4.69) is 36.5 Å². The normalized spacial score (nSPS) is 27.1. The first-order valence-electron chi connectivity index (χ1n) is 6.83. The molecule has 2 aliphatic heterocycles. The standard InChI is InChI=1S/C15H20N2O/c1-11-8-12(6-7-16-11)15(18)17-9-13-4-2-3-5-14(13)10-17/h2-5,11-12,16H,6-10H2,1H3. The molecular weight excluding hydrogens is 224 g/mol. The van der Waals surface area contributed by atoms with Gasteiger partial charge in [-0.2, -0.15) is 0 Å². The molecule has 2 atom stereocenters. The molecule has 2 unspecified atom stereocenters. The molecule has 0 spiro atoms. The number of carbonyl (C=O) groups excluding carboxylic acids is 1. The van der Waals surface area contributed by atoms with Crippen LogP contribution in [0.5, 0.6) is 0 Å². The number of piperidine rings is 1. The second-order valence-electron chi connectivity index (χ2n) is 5.54. The minimum atomic E-state index is 0.218. The lowest BCUT2D eigenvalue weighted by Gasteiger charge is -2.30. The molecule has 1 fully saturated rings. The van der Waals surface area contributed by atoms with Crippen molar-refractivity contribution in [1.29, 1.82) is 0 Å². The lowest BCUT2D eigenvalue weighted by atomic mass is 9.92. The van der Waals surface area contributed by atoms with Gasteiger partial charge in [0.1, 0.15) is 0 Å². The summed E-state index contributed by atoms with van der Waals surface area (Å²) < 4.78 is 0. The number of carbonyl (C=O) groups is 1. The van der Waals surface area contributed by atoms with Crippen LogP contribution in [0.2, 0.25) is 0 Å². The van der Waals surface area contributed by atoms with Crippen molar-refractivity contribution in [3.05, 3.63) is 35.4 Å². The van der Waals surface area contributed by atoms with Gasteiger partial charge in [0.25, 0.3) is 0 Å². The number of hydrogen-bond acceptors (Lipinski definition) is 2. The van der Waals surface area contributed by atoms with Crippen LogP contribution in [0.25, 0.3) is 0 Å². The maximum absolute atomic E-state index is 12.5. The van der Waals surface area contributed by atoms with Crippen LogP contribution in [-0.2, 0) is 17.9 Å². The van der Waals surface area contributed by atoms with E-state index >= 15 is 0 Å². The third kappa shape index (κ3) is 2.15. The molecule has 0 saturated carbocycles. The van der Waals surface area contributed by atoms with Crippen molar-refractivity contribution in [2.24, 2.45) is 5.92 Å². The Balaban J connectivity index is 1.68. The molecule has 3 nitrogen and oxygen atoms in total. The number of hydrogen-bond donors (Lipinski definition) is 1. The van der Waals surface area contributed by atoms with Crippen LogP contribution < -0.4 is 5.32 Å². The van der Waals surface area contributed by atoms with Crippen LogP contribution in [-0.4, -0.2) is 23.4 Å². The van der Waals surface area contributed by atoms with E-state index in [-0.39, 0.29) is 5.92 Å². The van der Waals surface area contributed by atoms with Gasteiger partial charge in [-0.05, 0) is 37.4 Å². The molecule has 1 aromatic carbocycles. The van der Waals surface area contributed by atoms with Crippen LogP contribution in [0.3, 0.4) is 0 Å². The number of nitrogens with zero attached hydrogens (tertiary/aromatic N) is 1. The molecule has 1 N–H and O–H groups in total. The number of rotatable bonds is 1. The largest absolute Gasteiger partial charge is 0.334 e. The minimum absolute atomic E-state index is 0.218. The SMILES string of the molecule is CC1CC(C(=O)N2Cc3ccccc3C2)CCN1. The highest BCUT2D eigenvalue weighted by atomic mass is 16.2. The van der Waals surface area contributed by atoms with Gasteiger partial charge < -0.3 is 10.2 Å². The van der Waals surface area contributed by atoms with Gasteiger partial charge in [0, 0.05) is 25.0 Å². The van der Waals surface area contributed by atoms with E-state index in [0.29, 0.717) is 11.9 Å². The van der Waals surface area contributed by atoms with Gasteiger partial charge in [-0.3, -0.25) is 4.79 Å².